The number of nitrogens with two attached hydrogens (primary N) is 1. The van der Waals surface area contributed by atoms with Crippen LogP contribution in [0.4, 0.5) is 5.69 Å². The van der Waals surface area contributed by atoms with E-state index < -0.39 is 0 Å². The van der Waals surface area contributed by atoms with Gasteiger partial charge >= 0.3 is 0 Å². The van der Waals surface area contributed by atoms with Crippen LogP contribution >= 0.6 is 11.6 Å². The molecular formula is C10H12ClN3. The van der Waals surface area contributed by atoms with E-state index in [9.17, 15) is 0 Å². The van der Waals surface area contributed by atoms with E-state index in [4.69, 9.17) is 17.3 Å². The number of hydrogen-bond acceptors (Lipinski definition) is 3. The molecule has 1 rings (SSSR count). The fourth-order valence-corrected chi connectivity index (χ4v) is 1.06. The molecule has 0 saturated carbocycles. The van der Waals surface area contributed by atoms with Crippen LogP contribution in [-0.2, 0) is 0 Å². The third kappa shape index (κ3) is 3.25. The topological polar surface area (TPSA) is 50.9 Å². The van der Waals surface area contributed by atoms with Gasteiger partial charge in [0.1, 0.15) is 5.15 Å². The van der Waals surface area contributed by atoms with Gasteiger partial charge in [-0.05, 0) is 13.1 Å². The number of nitrogen functional groups attached to an aromatic ring is 1. The van der Waals surface area contributed by atoms with Crippen LogP contribution in [0.25, 0.3) is 0 Å². The Hall–Kier alpha value is -1.24. The molecule has 0 unspecified atom stereocenters. The fraction of sp³-hybridized carbons (Fsp3) is 0.300. The molecular weight excluding hydrogens is 198 g/mol. The van der Waals surface area contributed by atoms with E-state index in [-0.39, 0.29) is 0 Å². The van der Waals surface area contributed by atoms with Crippen molar-refractivity contribution in [2.45, 2.75) is 6.42 Å². The number of pyridine rings is 1. The Kier molecular flexibility index (Phi) is 4.24. The van der Waals surface area contributed by atoms with E-state index in [1.165, 1.54) is 0 Å². The normalized spacial score (nSPS) is 9.29. The van der Waals surface area contributed by atoms with Gasteiger partial charge in [-0.2, -0.15) is 0 Å². The Morgan fingerprint density at radius 3 is 3.07 bits per heavy atom. The molecule has 1 aromatic heterocycles. The zero-order chi connectivity index (χ0) is 10.4. The molecule has 0 radical (unpaired) electrons. The summed E-state index contributed by atoms with van der Waals surface area (Å²) in [7, 11) is 1.89. The Morgan fingerprint density at radius 1 is 1.64 bits per heavy atom. The van der Waals surface area contributed by atoms with E-state index in [0.29, 0.717) is 10.8 Å². The van der Waals surface area contributed by atoms with Gasteiger partial charge in [0.05, 0.1) is 11.3 Å². The van der Waals surface area contributed by atoms with Crippen LogP contribution in [0.2, 0.25) is 5.15 Å². The second-order valence-corrected chi connectivity index (χ2v) is 3.14. The van der Waals surface area contributed by atoms with Crippen LogP contribution in [-0.4, -0.2) is 18.6 Å². The number of nitrogens with zero attached hydrogens (tertiary/aromatic N) is 1. The summed E-state index contributed by atoms with van der Waals surface area (Å²) in [5.41, 5.74) is 6.99. The summed E-state index contributed by atoms with van der Waals surface area (Å²) in [6, 6.07) is 1.60. The van der Waals surface area contributed by atoms with Gasteiger partial charge in [0.25, 0.3) is 0 Å². The summed E-state index contributed by atoms with van der Waals surface area (Å²) in [5.74, 6) is 5.93. The van der Waals surface area contributed by atoms with Crippen molar-refractivity contribution in [2.24, 2.45) is 0 Å². The minimum Gasteiger partial charge on any atom is -0.398 e. The molecule has 0 aliphatic rings. The van der Waals surface area contributed by atoms with Crippen molar-refractivity contribution in [3.8, 4) is 11.8 Å². The van der Waals surface area contributed by atoms with E-state index in [2.05, 4.69) is 22.1 Å². The summed E-state index contributed by atoms with van der Waals surface area (Å²) in [4.78, 5) is 3.91. The molecule has 0 fully saturated rings. The molecule has 1 aromatic rings. The van der Waals surface area contributed by atoms with Crippen LogP contribution in [0.3, 0.4) is 0 Å². The van der Waals surface area contributed by atoms with Crippen molar-refractivity contribution in [1.29, 1.82) is 0 Å². The molecule has 4 heteroatoms. The molecule has 74 valence electrons. The second-order valence-electron chi connectivity index (χ2n) is 2.75. The minimum atomic E-state index is 0.392. The maximum absolute atomic E-state index is 5.69. The number of rotatable bonds is 2. The minimum absolute atomic E-state index is 0.392. The predicted molar refractivity (Wildman–Crippen MR) is 59.1 cm³/mol. The number of anilines is 1. The maximum Gasteiger partial charge on any atom is 0.131 e. The highest BCUT2D eigenvalue weighted by molar-refractivity contribution is 6.29. The lowest BCUT2D eigenvalue weighted by Gasteiger charge is -1.96. The molecule has 3 nitrogen and oxygen atoms in total. The van der Waals surface area contributed by atoms with Gasteiger partial charge in [-0.3, -0.25) is 0 Å². The van der Waals surface area contributed by atoms with E-state index in [1.54, 1.807) is 12.3 Å². The molecule has 3 N–H and O–H groups in total. The average Bonchev–Trinajstić information content (AvgIpc) is 2.15. The lowest BCUT2D eigenvalue weighted by atomic mass is 10.2. The van der Waals surface area contributed by atoms with Gasteiger partial charge in [0.2, 0.25) is 0 Å². The first kappa shape index (κ1) is 10.8. The Balaban J connectivity index is 2.70. The molecule has 14 heavy (non-hydrogen) atoms. The van der Waals surface area contributed by atoms with Crippen molar-refractivity contribution in [3.63, 3.8) is 0 Å². The Bertz CT molecular complexity index is 365. The highest BCUT2D eigenvalue weighted by Gasteiger charge is 1.96. The van der Waals surface area contributed by atoms with Crippen molar-refractivity contribution in [3.05, 3.63) is 23.0 Å². The number of aromatic nitrogens is 1. The van der Waals surface area contributed by atoms with Gasteiger partial charge in [-0.1, -0.05) is 23.4 Å². The number of hydrogen-bond donors (Lipinski definition) is 2. The Morgan fingerprint density at radius 2 is 2.43 bits per heavy atom. The van der Waals surface area contributed by atoms with Crippen LogP contribution < -0.4 is 11.1 Å². The standard InChI is InChI=1S/C10H12ClN3/c1-13-5-3-2-4-8-7-14-10(11)6-9(8)12/h6-7,13H,3,5H2,1H3,(H2,12,14). The molecule has 0 saturated heterocycles. The number of halogens is 1. The highest BCUT2D eigenvalue weighted by Crippen LogP contribution is 2.13. The molecule has 0 atom stereocenters. The van der Waals surface area contributed by atoms with Crippen molar-refractivity contribution in [2.75, 3.05) is 19.3 Å². The van der Waals surface area contributed by atoms with Gasteiger partial charge in [-0.15, -0.1) is 0 Å². The van der Waals surface area contributed by atoms with Crippen LogP contribution in [0.15, 0.2) is 12.3 Å². The summed E-state index contributed by atoms with van der Waals surface area (Å²) in [6.07, 6.45) is 2.38. The largest absolute Gasteiger partial charge is 0.398 e. The first-order valence-corrected chi connectivity index (χ1v) is 4.66. The molecule has 0 bridgehead atoms. The molecule has 0 aliphatic carbocycles. The lowest BCUT2D eigenvalue weighted by Crippen LogP contribution is -2.05. The van der Waals surface area contributed by atoms with Crippen molar-refractivity contribution in [1.82, 2.24) is 10.3 Å². The average molecular weight is 210 g/mol. The van der Waals surface area contributed by atoms with E-state index in [0.717, 1.165) is 18.5 Å². The van der Waals surface area contributed by atoms with Gasteiger partial charge < -0.3 is 11.1 Å². The fourth-order valence-electron chi connectivity index (χ4n) is 0.894. The van der Waals surface area contributed by atoms with Crippen molar-refractivity contribution < 1.29 is 0 Å². The van der Waals surface area contributed by atoms with Crippen LogP contribution in [0, 0.1) is 11.8 Å². The third-order valence-corrected chi connectivity index (χ3v) is 1.83. The first-order valence-electron chi connectivity index (χ1n) is 4.28. The highest BCUT2D eigenvalue weighted by atomic mass is 35.5. The SMILES string of the molecule is CNCCC#Cc1cnc(Cl)cc1N. The second kappa shape index (κ2) is 5.48. The van der Waals surface area contributed by atoms with Gasteiger partial charge in [-0.25, -0.2) is 4.98 Å². The maximum atomic E-state index is 5.69. The summed E-state index contributed by atoms with van der Waals surface area (Å²) in [6.45, 7) is 0.869. The molecule has 0 aromatic carbocycles. The monoisotopic (exact) mass is 209 g/mol. The summed E-state index contributed by atoms with van der Waals surface area (Å²) in [5, 5.41) is 3.40. The quantitative estimate of drug-likeness (QED) is 0.438. The third-order valence-electron chi connectivity index (χ3n) is 1.63. The van der Waals surface area contributed by atoms with Crippen molar-refractivity contribution >= 4 is 17.3 Å². The zero-order valence-corrected chi connectivity index (χ0v) is 8.73. The van der Waals surface area contributed by atoms with Gasteiger partial charge in [0.15, 0.2) is 0 Å². The lowest BCUT2D eigenvalue weighted by molar-refractivity contribution is 0.818. The molecule has 1 heterocycles. The van der Waals surface area contributed by atoms with Crippen LogP contribution in [0.5, 0.6) is 0 Å². The Labute approximate surface area is 88.7 Å². The van der Waals surface area contributed by atoms with E-state index >= 15 is 0 Å². The van der Waals surface area contributed by atoms with E-state index in [1.807, 2.05) is 7.05 Å². The van der Waals surface area contributed by atoms with Crippen LogP contribution in [0.1, 0.15) is 12.0 Å². The smallest absolute Gasteiger partial charge is 0.131 e. The molecule has 0 aliphatic heterocycles. The first-order chi connectivity index (χ1) is 6.74. The van der Waals surface area contributed by atoms with Gasteiger partial charge in [0, 0.05) is 19.2 Å². The summed E-state index contributed by atoms with van der Waals surface area (Å²) >= 11 is 5.65. The molecule has 0 spiro atoms. The number of nitrogens with one attached hydrogen (secondary N) is 1. The zero-order valence-electron chi connectivity index (χ0n) is 7.97. The molecule has 0 amide bonds. The summed E-state index contributed by atoms with van der Waals surface area (Å²) < 4.78 is 0. The predicted octanol–water partition coefficient (Wildman–Crippen LogP) is 1.28.